The van der Waals surface area contributed by atoms with Gasteiger partial charge in [-0.05, 0) is 59.2 Å². The Balaban J connectivity index is 1.47. The summed E-state index contributed by atoms with van der Waals surface area (Å²) in [6.45, 7) is 5.39. The van der Waals surface area contributed by atoms with Crippen molar-refractivity contribution in [3.05, 3.63) is 88.5 Å². The first-order valence-electron chi connectivity index (χ1n) is 14.3. The number of anilines is 1. The van der Waals surface area contributed by atoms with Gasteiger partial charge in [0.05, 0.1) is 19.1 Å². The van der Waals surface area contributed by atoms with Gasteiger partial charge in [-0.15, -0.1) is 0 Å². The fraction of sp³-hybridized carbons (Fsp3) is 0.394. The Bertz CT molecular complexity index is 1370. The number of benzene rings is 3. The summed E-state index contributed by atoms with van der Waals surface area (Å²) in [6.07, 6.45) is 2.38. The minimum absolute atomic E-state index is 0.0716. The fourth-order valence-electron chi connectivity index (χ4n) is 6.14. The molecule has 0 saturated carbocycles. The highest BCUT2D eigenvalue weighted by atomic mass is 16.7. The Hall–Kier alpha value is -3.88. The lowest BCUT2D eigenvalue weighted by Gasteiger charge is -2.27. The van der Waals surface area contributed by atoms with Gasteiger partial charge in [0.15, 0.2) is 11.5 Å². The Kier molecular flexibility index (Phi) is 8.90. The molecule has 3 atom stereocenters. The number of fused-ring (bicyclic) bond motifs is 1. The second-order valence-corrected chi connectivity index (χ2v) is 10.6. The maximum atomic E-state index is 13.6. The zero-order valence-corrected chi connectivity index (χ0v) is 23.9. The number of rotatable bonds is 11. The summed E-state index contributed by atoms with van der Waals surface area (Å²) in [4.78, 5) is 28.5. The van der Waals surface area contributed by atoms with E-state index in [4.69, 9.17) is 14.2 Å². The number of carboxylic acids is 1. The maximum absolute atomic E-state index is 13.6. The smallest absolute Gasteiger partial charge is 0.309 e. The molecule has 41 heavy (non-hydrogen) atoms. The molecule has 3 aromatic carbocycles. The summed E-state index contributed by atoms with van der Waals surface area (Å²) in [7, 11) is 1.67. The van der Waals surface area contributed by atoms with Gasteiger partial charge in [-0.2, -0.15) is 0 Å². The van der Waals surface area contributed by atoms with E-state index in [1.54, 1.807) is 7.11 Å². The van der Waals surface area contributed by atoms with Crippen LogP contribution in [0.1, 0.15) is 53.6 Å². The van der Waals surface area contributed by atoms with Crippen molar-refractivity contribution >= 4 is 17.6 Å². The molecule has 216 valence electrons. The van der Waals surface area contributed by atoms with Gasteiger partial charge in [0, 0.05) is 31.3 Å². The van der Waals surface area contributed by atoms with Gasteiger partial charge in [0.2, 0.25) is 12.7 Å². The predicted octanol–water partition coefficient (Wildman–Crippen LogP) is 5.21. The van der Waals surface area contributed by atoms with Gasteiger partial charge >= 0.3 is 5.97 Å². The van der Waals surface area contributed by atoms with Crippen LogP contribution in [0, 0.1) is 5.92 Å². The van der Waals surface area contributed by atoms with Crippen LogP contribution in [0.15, 0.2) is 60.7 Å². The third kappa shape index (κ3) is 6.09. The second kappa shape index (κ2) is 12.7. The molecule has 0 bridgehead atoms. The van der Waals surface area contributed by atoms with Crippen LogP contribution in [0.3, 0.4) is 0 Å². The zero-order valence-electron chi connectivity index (χ0n) is 23.9. The van der Waals surface area contributed by atoms with Gasteiger partial charge in [-0.1, -0.05) is 62.4 Å². The van der Waals surface area contributed by atoms with E-state index in [1.807, 2.05) is 65.6 Å². The first-order chi connectivity index (χ1) is 19.9. The minimum atomic E-state index is -0.895. The quantitative estimate of drug-likeness (QED) is 0.334. The summed E-state index contributed by atoms with van der Waals surface area (Å²) < 4.78 is 16.3. The normalized spacial score (nSPS) is 19.8. The van der Waals surface area contributed by atoms with E-state index >= 15 is 0 Å². The van der Waals surface area contributed by atoms with Crippen LogP contribution in [-0.4, -0.2) is 55.5 Å². The van der Waals surface area contributed by atoms with Gasteiger partial charge in [0.1, 0.15) is 0 Å². The molecule has 2 aliphatic rings. The number of carboxylic acid groups (broad SMARTS) is 1. The molecule has 1 amide bonds. The van der Waals surface area contributed by atoms with Gasteiger partial charge in [-0.3, -0.25) is 14.5 Å². The zero-order chi connectivity index (χ0) is 28.9. The molecule has 2 aliphatic heterocycles. The van der Waals surface area contributed by atoms with Crippen molar-refractivity contribution < 1.29 is 28.9 Å². The number of hydrogen-bond acceptors (Lipinski definition) is 6. The lowest BCUT2D eigenvalue weighted by atomic mass is 9.82. The van der Waals surface area contributed by atoms with E-state index < -0.39 is 17.9 Å². The summed E-state index contributed by atoms with van der Waals surface area (Å²) >= 11 is 0. The molecule has 8 nitrogen and oxygen atoms in total. The third-order valence-electron chi connectivity index (χ3n) is 8.23. The number of amides is 1. The Morgan fingerprint density at radius 3 is 2.32 bits per heavy atom. The fourth-order valence-corrected chi connectivity index (χ4v) is 6.14. The van der Waals surface area contributed by atoms with Crippen LogP contribution in [0.2, 0.25) is 0 Å². The average molecular weight is 559 g/mol. The van der Waals surface area contributed by atoms with Crippen molar-refractivity contribution in [2.24, 2.45) is 5.92 Å². The van der Waals surface area contributed by atoms with Crippen LogP contribution in [0.4, 0.5) is 5.69 Å². The van der Waals surface area contributed by atoms with Crippen LogP contribution in [0.25, 0.3) is 0 Å². The SMILES string of the molecule is CCc1cccc(CC)c1NC(=O)CN1C[C@H](c2ccc3c(c2)OCO3)[C@H](C(=O)O)[C@H]1c1ccc(CCOC)cc1. The predicted molar refractivity (Wildman–Crippen MR) is 157 cm³/mol. The lowest BCUT2D eigenvalue weighted by Crippen LogP contribution is -2.35. The molecular weight excluding hydrogens is 520 g/mol. The molecule has 3 aromatic rings. The first kappa shape index (κ1) is 28.6. The first-order valence-corrected chi connectivity index (χ1v) is 14.3. The van der Waals surface area contributed by atoms with Crippen molar-refractivity contribution in [2.45, 2.75) is 45.1 Å². The van der Waals surface area contributed by atoms with Crippen molar-refractivity contribution in [1.82, 2.24) is 4.90 Å². The molecule has 0 unspecified atom stereocenters. The van der Waals surface area contributed by atoms with Crippen LogP contribution in [-0.2, 0) is 33.6 Å². The highest BCUT2D eigenvalue weighted by Crippen LogP contribution is 2.47. The molecule has 0 radical (unpaired) electrons. The number of nitrogens with one attached hydrogen (secondary N) is 1. The molecule has 8 heteroatoms. The largest absolute Gasteiger partial charge is 0.481 e. The van der Waals surface area contributed by atoms with Crippen LogP contribution in [0.5, 0.6) is 11.5 Å². The number of nitrogens with zero attached hydrogens (tertiary/aromatic N) is 1. The van der Waals surface area contributed by atoms with E-state index in [9.17, 15) is 14.7 Å². The van der Waals surface area contributed by atoms with Gasteiger partial charge in [-0.25, -0.2) is 0 Å². The molecule has 2 N–H and O–H groups in total. The molecule has 0 aliphatic carbocycles. The highest BCUT2D eigenvalue weighted by Gasteiger charge is 2.48. The maximum Gasteiger partial charge on any atom is 0.309 e. The Morgan fingerprint density at radius 1 is 0.976 bits per heavy atom. The number of para-hydroxylation sites is 1. The number of likely N-dealkylation sites (tertiary alicyclic amines) is 1. The number of ether oxygens (including phenoxy) is 3. The van der Waals surface area contributed by atoms with E-state index in [2.05, 4.69) is 19.2 Å². The molecule has 2 heterocycles. The molecule has 1 saturated heterocycles. The van der Waals surface area contributed by atoms with Crippen molar-refractivity contribution in [3.63, 3.8) is 0 Å². The average Bonchev–Trinajstić information content (AvgIpc) is 3.61. The Morgan fingerprint density at radius 2 is 1.66 bits per heavy atom. The van der Waals surface area contributed by atoms with Crippen molar-refractivity contribution in [2.75, 3.05) is 38.9 Å². The van der Waals surface area contributed by atoms with Gasteiger partial charge < -0.3 is 24.6 Å². The highest BCUT2D eigenvalue weighted by molar-refractivity contribution is 5.94. The van der Waals surface area contributed by atoms with Gasteiger partial charge in [0.25, 0.3) is 0 Å². The molecular formula is C33H38N2O6. The summed E-state index contributed by atoms with van der Waals surface area (Å²) in [5.74, 6) is -0.889. The number of methoxy groups -OCH3 is 1. The van der Waals surface area contributed by atoms with E-state index in [0.29, 0.717) is 24.7 Å². The number of carbonyl (C=O) groups excluding carboxylic acids is 1. The molecule has 0 spiro atoms. The summed E-state index contributed by atoms with van der Waals surface area (Å²) in [5.41, 5.74) is 5.88. The van der Waals surface area contributed by atoms with Crippen molar-refractivity contribution in [3.8, 4) is 11.5 Å². The monoisotopic (exact) mass is 558 g/mol. The molecule has 5 rings (SSSR count). The van der Waals surface area contributed by atoms with Crippen LogP contribution >= 0.6 is 0 Å². The minimum Gasteiger partial charge on any atom is -0.481 e. The molecule has 0 aromatic heterocycles. The number of aliphatic carboxylic acids is 1. The Labute approximate surface area is 241 Å². The second-order valence-electron chi connectivity index (χ2n) is 10.6. The van der Waals surface area contributed by atoms with Crippen LogP contribution < -0.4 is 14.8 Å². The number of hydrogen-bond donors (Lipinski definition) is 2. The van der Waals surface area contributed by atoms with E-state index in [1.165, 1.54) is 0 Å². The van der Waals surface area contributed by atoms with E-state index in [0.717, 1.165) is 52.8 Å². The van der Waals surface area contributed by atoms with E-state index in [-0.39, 0.29) is 25.2 Å². The number of aryl methyl sites for hydroxylation is 2. The summed E-state index contributed by atoms with van der Waals surface area (Å²) in [6, 6.07) is 19.2. The number of carbonyl (C=O) groups is 2. The summed E-state index contributed by atoms with van der Waals surface area (Å²) in [5, 5.41) is 13.7. The topological polar surface area (TPSA) is 97.3 Å². The third-order valence-corrected chi connectivity index (χ3v) is 8.23. The lowest BCUT2D eigenvalue weighted by molar-refractivity contribution is -0.143. The molecule has 1 fully saturated rings. The standard InChI is InChI=1S/C33H38N2O6/c1-4-22-7-6-8-23(5-2)31(22)34-29(36)19-35-18-26(25-13-14-27-28(17-25)41-20-40-27)30(33(37)38)32(35)24-11-9-21(10-12-24)15-16-39-3/h6-14,17,26,30,32H,4-5,15-16,18-20H2,1-3H3,(H,34,36)(H,37,38)/t26-,30+,32-/m1/s1. The van der Waals surface area contributed by atoms with Crippen molar-refractivity contribution in [1.29, 1.82) is 0 Å².